The molecule has 0 spiro atoms. The van der Waals surface area contributed by atoms with Crippen LogP contribution in [0.1, 0.15) is 20.8 Å². The average Bonchev–Trinajstić information content (AvgIpc) is 2.18. The fraction of sp³-hybridized carbons (Fsp3) is 0.778. The molecule has 15 heavy (non-hydrogen) atoms. The second-order valence-corrected chi connectivity index (χ2v) is 3.54. The summed E-state index contributed by atoms with van der Waals surface area (Å²) in [5.41, 5.74) is 2.41. The van der Waals surface area contributed by atoms with E-state index in [1.807, 2.05) is 6.92 Å². The Morgan fingerprint density at radius 3 is 2.53 bits per heavy atom. The molecular weight excluding hydrogens is 194 g/mol. The van der Waals surface area contributed by atoms with E-state index in [0.717, 1.165) is 6.54 Å². The van der Waals surface area contributed by atoms with Crippen molar-refractivity contribution >= 4 is 11.9 Å². The van der Waals surface area contributed by atoms with E-state index in [2.05, 4.69) is 34.9 Å². The summed E-state index contributed by atoms with van der Waals surface area (Å²) >= 11 is 0. The highest BCUT2D eigenvalue weighted by Crippen LogP contribution is 1.86. The number of nitrogens with two attached hydrogens (primary N) is 1. The summed E-state index contributed by atoms with van der Waals surface area (Å²) in [5, 5.41) is 5.65. The van der Waals surface area contributed by atoms with Gasteiger partial charge in [0.1, 0.15) is 6.54 Å². The molecule has 88 valence electrons. The first kappa shape index (κ1) is 13.7. The fourth-order valence-corrected chi connectivity index (χ4v) is 0.857. The zero-order valence-electron chi connectivity index (χ0n) is 9.63. The number of rotatable bonds is 5. The molecule has 0 aromatic heterocycles. The Kier molecular flexibility index (Phi) is 7.35. The van der Waals surface area contributed by atoms with Gasteiger partial charge in [-0.25, -0.2) is 10.8 Å². The lowest BCUT2D eigenvalue weighted by atomic mass is 10.2. The molecule has 0 fully saturated rings. The Morgan fingerprint density at radius 1 is 1.40 bits per heavy atom. The van der Waals surface area contributed by atoms with E-state index >= 15 is 0 Å². The molecular formula is C9H21N5O. The molecule has 5 N–H and O–H groups in total. The lowest BCUT2D eigenvalue weighted by Gasteiger charge is -2.10. The van der Waals surface area contributed by atoms with Crippen LogP contribution in [0.25, 0.3) is 0 Å². The highest BCUT2D eigenvalue weighted by molar-refractivity contribution is 5.84. The number of aliphatic imine (C=N–C) groups is 1. The quantitative estimate of drug-likeness (QED) is 0.209. The SMILES string of the molecule is CCNC(=O)CN=C(NN)NCC(C)C. The van der Waals surface area contributed by atoms with Crippen LogP contribution in [0.15, 0.2) is 4.99 Å². The number of carbonyl (C=O) groups is 1. The van der Waals surface area contributed by atoms with Crippen molar-refractivity contribution in [1.29, 1.82) is 0 Å². The Balaban J connectivity index is 3.93. The smallest absolute Gasteiger partial charge is 0.241 e. The molecule has 0 saturated heterocycles. The van der Waals surface area contributed by atoms with Gasteiger partial charge in [-0.1, -0.05) is 13.8 Å². The Labute approximate surface area is 90.7 Å². The summed E-state index contributed by atoms with van der Waals surface area (Å²) in [6.45, 7) is 7.46. The summed E-state index contributed by atoms with van der Waals surface area (Å²) in [7, 11) is 0. The van der Waals surface area contributed by atoms with E-state index in [1.165, 1.54) is 0 Å². The van der Waals surface area contributed by atoms with Crippen molar-refractivity contribution < 1.29 is 4.79 Å². The minimum Gasteiger partial charge on any atom is -0.355 e. The lowest BCUT2D eigenvalue weighted by molar-refractivity contribution is -0.119. The molecule has 0 aliphatic carbocycles. The van der Waals surface area contributed by atoms with Crippen LogP contribution in [0.5, 0.6) is 0 Å². The van der Waals surface area contributed by atoms with Crippen LogP contribution in [0.2, 0.25) is 0 Å². The molecule has 0 bridgehead atoms. The highest BCUT2D eigenvalue weighted by Gasteiger charge is 2.00. The molecule has 0 heterocycles. The van der Waals surface area contributed by atoms with Crippen molar-refractivity contribution in [3.05, 3.63) is 0 Å². The maximum atomic E-state index is 11.1. The van der Waals surface area contributed by atoms with Gasteiger partial charge in [0, 0.05) is 13.1 Å². The fourth-order valence-electron chi connectivity index (χ4n) is 0.857. The highest BCUT2D eigenvalue weighted by atomic mass is 16.1. The van der Waals surface area contributed by atoms with E-state index in [-0.39, 0.29) is 12.5 Å². The Hall–Kier alpha value is -1.30. The van der Waals surface area contributed by atoms with Gasteiger partial charge in [-0.2, -0.15) is 0 Å². The Morgan fingerprint density at radius 2 is 2.07 bits per heavy atom. The van der Waals surface area contributed by atoms with Crippen molar-refractivity contribution in [1.82, 2.24) is 16.1 Å². The van der Waals surface area contributed by atoms with Gasteiger partial charge in [-0.05, 0) is 12.8 Å². The number of likely N-dealkylation sites (N-methyl/N-ethyl adjacent to an activating group) is 1. The molecule has 0 atom stereocenters. The molecule has 6 nitrogen and oxygen atoms in total. The van der Waals surface area contributed by atoms with Gasteiger partial charge in [0.05, 0.1) is 0 Å². The van der Waals surface area contributed by atoms with Crippen LogP contribution >= 0.6 is 0 Å². The summed E-state index contributed by atoms with van der Waals surface area (Å²) in [5.74, 6) is 6.06. The monoisotopic (exact) mass is 215 g/mol. The molecule has 0 aliphatic heterocycles. The van der Waals surface area contributed by atoms with Crippen LogP contribution in [-0.2, 0) is 4.79 Å². The van der Waals surface area contributed by atoms with E-state index in [4.69, 9.17) is 5.84 Å². The number of hydrazine groups is 1. The Bertz CT molecular complexity index is 215. The molecule has 0 aliphatic rings. The predicted molar refractivity (Wildman–Crippen MR) is 61.1 cm³/mol. The zero-order valence-corrected chi connectivity index (χ0v) is 9.63. The van der Waals surface area contributed by atoms with E-state index in [0.29, 0.717) is 18.4 Å². The number of nitrogens with zero attached hydrogens (tertiary/aromatic N) is 1. The predicted octanol–water partition coefficient (Wildman–Crippen LogP) is -0.813. The normalized spacial score (nSPS) is 11.4. The molecule has 0 saturated carbocycles. The molecule has 0 aromatic rings. The van der Waals surface area contributed by atoms with Crippen molar-refractivity contribution in [2.45, 2.75) is 20.8 Å². The number of carbonyl (C=O) groups excluding carboxylic acids is 1. The minimum absolute atomic E-state index is 0.0818. The number of nitrogens with one attached hydrogen (secondary N) is 3. The first-order valence-corrected chi connectivity index (χ1v) is 5.11. The third kappa shape index (κ3) is 7.75. The summed E-state index contributed by atoms with van der Waals surface area (Å²) < 4.78 is 0. The van der Waals surface area contributed by atoms with Gasteiger partial charge >= 0.3 is 0 Å². The second-order valence-electron chi connectivity index (χ2n) is 3.54. The van der Waals surface area contributed by atoms with Gasteiger partial charge in [-0.3, -0.25) is 10.2 Å². The van der Waals surface area contributed by atoms with Crippen LogP contribution < -0.4 is 21.9 Å². The van der Waals surface area contributed by atoms with Crippen molar-refractivity contribution in [3.8, 4) is 0 Å². The van der Waals surface area contributed by atoms with Crippen molar-refractivity contribution in [2.75, 3.05) is 19.6 Å². The van der Waals surface area contributed by atoms with Gasteiger partial charge in [-0.15, -0.1) is 0 Å². The van der Waals surface area contributed by atoms with Gasteiger partial charge < -0.3 is 10.6 Å². The summed E-state index contributed by atoms with van der Waals surface area (Å²) in [6, 6.07) is 0. The molecule has 6 heteroatoms. The maximum absolute atomic E-state index is 11.1. The van der Waals surface area contributed by atoms with Crippen LogP contribution in [0, 0.1) is 5.92 Å². The minimum atomic E-state index is -0.114. The van der Waals surface area contributed by atoms with E-state index < -0.39 is 0 Å². The zero-order chi connectivity index (χ0) is 11.7. The topological polar surface area (TPSA) is 91.5 Å². The largest absolute Gasteiger partial charge is 0.355 e. The maximum Gasteiger partial charge on any atom is 0.241 e. The average molecular weight is 215 g/mol. The molecule has 0 aromatic carbocycles. The first-order chi connectivity index (χ1) is 7.10. The van der Waals surface area contributed by atoms with E-state index in [9.17, 15) is 4.79 Å². The van der Waals surface area contributed by atoms with Crippen LogP contribution in [0.3, 0.4) is 0 Å². The van der Waals surface area contributed by atoms with Crippen molar-refractivity contribution in [2.24, 2.45) is 16.8 Å². The summed E-state index contributed by atoms with van der Waals surface area (Å²) in [6.07, 6.45) is 0. The number of guanidine groups is 1. The number of amides is 1. The first-order valence-electron chi connectivity index (χ1n) is 5.11. The third-order valence-corrected chi connectivity index (χ3v) is 1.57. The second kappa shape index (κ2) is 8.05. The third-order valence-electron chi connectivity index (χ3n) is 1.57. The molecule has 1 amide bonds. The van der Waals surface area contributed by atoms with Crippen molar-refractivity contribution in [3.63, 3.8) is 0 Å². The molecule has 0 unspecified atom stereocenters. The van der Waals surface area contributed by atoms with Crippen LogP contribution in [-0.4, -0.2) is 31.5 Å². The standard InChI is InChI=1S/C9H21N5O/c1-4-11-8(15)6-13-9(14-10)12-5-7(2)3/h7H,4-6,10H2,1-3H3,(H,11,15)(H2,12,13,14). The molecule has 0 rings (SSSR count). The molecule has 0 radical (unpaired) electrons. The number of hydrogen-bond acceptors (Lipinski definition) is 3. The van der Waals surface area contributed by atoms with Crippen LogP contribution in [0.4, 0.5) is 0 Å². The van der Waals surface area contributed by atoms with Gasteiger partial charge in [0.2, 0.25) is 11.9 Å². The lowest BCUT2D eigenvalue weighted by Crippen LogP contribution is -2.43. The van der Waals surface area contributed by atoms with Gasteiger partial charge in [0.15, 0.2) is 0 Å². The van der Waals surface area contributed by atoms with Gasteiger partial charge in [0.25, 0.3) is 0 Å². The van der Waals surface area contributed by atoms with E-state index in [1.54, 1.807) is 0 Å². The number of hydrogen-bond donors (Lipinski definition) is 4. The summed E-state index contributed by atoms with van der Waals surface area (Å²) in [4.78, 5) is 15.1.